The molecule has 3 aromatic carbocycles. The van der Waals surface area contributed by atoms with Crippen molar-refractivity contribution in [3.8, 4) is 5.75 Å². The number of ether oxygens (including phenoxy) is 1. The summed E-state index contributed by atoms with van der Waals surface area (Å²) in [6, 6.07) is 26.3. The number of hydrogen-bond acceptors (Lipinski definition) is 3. The highest BCUT2D eigenvalue weighted by Gasteiger charge is 2.49. The van der Waals surface area contributed by atoms with Crippen LogP contribution in [0.4, 0.5) is 4.39 Å². The van der Waals surface area contributed by atoms with Gasteiger partial charge in [0.2, 0.25) is 11.8 Å². The molecule has 1 unspecified atom stereocenters. The molecule has 5 rings (SSSR count). The third-order valence-electron chi connectivity index (χ3n) is 8.71. The molecule has 0 radical (unpaired) electrons. The lowest BCUT2D eigenvalue weighted by Gasteiger charge is -2.45. The van der Waals surface area contributed by atoms with Crippen molar-refractivity contribution >= 4 is 11.8 Å². The molecule has 1 atom stereocenters. The van der Waals surface area contributed by atoms with Crippen molar-refractivity contribution < 1.29 is 18.7 Å². The van der Waals surface area contributed by atoms with Gasteiger partial charge in [0, 0.05) is 44.1 Å². The Kier molecular flexibility index (Phi) is 8.53. The molecule has 6 heteroatoms. The molecule has 5 nitrogen and oxygen atoms in total. The van der Waals surface area contributed by atoms with Crippen molar-refractivity contribution in [1.82, 2.24) is 9.80 Å². The van der Waals surface area contributed by atoms with Crippen LogP contribution in [0, 0.1) is 11.2 Å². The van der Waals surface area contributed by atoms with E-state index in [0.717, 1.165) is 37.0 Å². The minimum absolute atomic E-state index is 0.0102. The summed E-state index contributed by atoms with van der Waals surface area (Å²) in [6.07, 6.45) is 4.93. The van der Waals surface area contributed by atoms with Crippen LogP contribution in [0.25, 0.3) is 0 Å². The standard InChI is InChI=1S/C34H39FN2O3/c1-36(24-27-13-4-2-5-14-27)31(38)23-33(26-40-28-15-6-3-7-16-28)19-12-22-37(25-33)32(39)34(20-10-11-21-34)29-17-8-9-18-30(29)35/h2-9,13-18H,10-12,19-26H2,1H3. The van der Waals surface area contributed by atoms with Gasteiger partial charge in [0.15, 0.2) is 0 Å². The van der Waals surface area contributed by atoms with E-state index in [4.69, 9.17) is 4.74 Å². The lowest BCUT2D eigenvalue weighted by Crippen LogP contribution is -2.55. The van der Waals surface area contributed by atoms with E-state index >= 15 is 4.39 Å². The van der Waals surface area contributed by atoms with Gasteiger partial charge in [-0.2, -0.15) is 0 Å². The van der Waals surface area contributed by atoms with Gasteiger partial charge in [0.25, 0.3) is 0 Å². The number of hydrogen-bond donors (Lipinski definition) is 0. The molecule has 0 aromatic heterocycles. The maximum atomic E-state index is 15.1. The number of para-hydroxylation sites is 1. The third-order valence-corrected chi connectivity index (χ3v) is 8.71. The summed E-state index contributed by atoms with van der Waals surface area (Å²) in [6.45, 7) is 1.88. The normalized spacial score (nSPS) is 20.2. The minimum Gasteiger partial charge on any atom is -0.493 e. The summed E-state index contributed by atoms with van der Waals surface area (Å²) in [7, 11) is 1.83. The molecule has 2 amide bonds. The van der Waals surface area contributed by atoms with Gasteiger partial charge in [0.1, 0.15) is 11.6 Å². The van der Waals surface area contributed by atoms with E-state index in [1.807, 2.05) is 78.7 Å². The van der Waals surface area contributed by atoms with E-state index in [1.165, 1.54) is 6.07 Å². The van der Waals surface area contributed by atoms with Gasteiger partial charge in [-0.25, -0.2) is 4.39 Å². The van der Waals surface area contributed by atoms with Crippen LogP contribution in [0.2, 0.25) is 0 Å². The van der Waals surface area contributed by atoms with Crippen molar-refractivity contribution in [1.29, 1.82) is 0 Å². The van der Waals surface area contributed by atoms with Gasteiger partial charge in [-0.15, -0.1) is 0 Å². The second-order valence-corrected chi connectivity index (χ2v) is 11.6. The van der Waals surface area contributed by atoms with Crippen molar-refractivity contribution in [3.63, 3.8) is 0 Å². The molecule has 1 heterocycles. The monoisotopic (exact) mass is 542 g/mol. The van der Waals surface area contributed by atoms with Crippen LogP contribution in [0.15, 0.2) is 84.9 Å². The Morgan fingerprint density at radius 2 is 1.52 bits per heavy atom. The van der Waals surface area contributed by atoms with E-state index in [0.29, 0.717) is 44.6 Å². The predicted octanol–water partition coefficient (Wildman–Crippen LogP) is 6.37. The molecule has 2 aliphatic rings. The fourth-order valence-electron chi connectivity index (χ4n) is 6.58. The maximum absolute atomic E-state index is 15.1. The van der Waals surface area contributed by atoms with Crippen molar-refractivity contribution in [2.75, 3.05) is 26.7 Å². The van der Waals surface area contributed by atoms with Gasteiger partial charge in [-0.3, -0.25) is 9.59 Å². The number of halogens is 1. The Bertz CT molecular complexity index is 1290. The van der Waals surface area contributed by atoms with Crippen molar-refractivity contribution in [3.05, 3.63) is 102 Å². The number of benzene rings is 3. The highest BCUT2D eigenvalue weighted by Crippen LogP contribution is 2.45. The first-order chi connectivity index (χ1) is 19.4. The van der Waals surface area contributed by atoms with Gasteiger partial charge in [-0.05, 0) is 49.4 Å². The van der Waals surface area contributed by atoms with E-state index in [1.54, 1.807) is 17.0 Å². The summed E-state index contributed by atoms with van der Waals surface area (Å²) in [5.74, 6) is 0.448. The Labute approximate surface area is 236 Å². The van der Waals surface area contributed by atoms with E-state index in [2.05, 4.69) is 0 Å². The lowest BCUT2D eigenvalue weighted by molar-refractivity contribution is -0.145. The average Bonchev–Trinajstić information content (AvgIpc) is 3.48. The number of amides is 2. The van der Waals surface area contributed by atoms with Crippen LogP contribution in [0.5, 0.6) is 5.75 Å². The molecular weight excluding hydrogens is 503 g/mol. The third kappa shape index (κ3) is 6.06. The van der Waals surface area contributed by atoms with E-state index < -0.39 is 10.8 Å². The van der Waals surface area contributed by atoms with Gasteiger partial charge in [-0.1, -0.05) is 79.6 Å². The molecule has 3 aromatic rings. The van der Waals surface area contributed by atoms with Crippen LogP contribution < -0.4 is 4.74 Å². The molecule has 0 bridgehead atoms. The molecular formula is C34H39FN2O3. The van der Waals surface area contributed by atoms with Crippen molar-refractivity contribution in [2.45, 2.75) is 56.9 Å². The second-order valence-electron chi connectivity index (χ2n) is 11.6. The molecule has 1 aliphatic heterocycles. The van der Waals surface area contributed by atoms with Crippen molar-refractivity contribution in [2.24, 2.45) is 5.41 Å². The molecule has 0 spiro atoms. The highest BCUT2D eigenvalue weighted by atomic mass is 19.1. The van der Waals surface area contributed by atoms with Crippen LogP contribution in [0.1, 0.15) is 56.1 Å². The van der Waals surface area contributed by atoms with Crippen LogP contribution in [0.3, 0.4) is 0 Å². The molecule has 1 saturated heterocycles. The average molecular weight is 543 g/mol. The van der Waals surface area contributed by atoms with Crippen LogP contribution in [-0.2, 0) is 21.5 Å². The van der Waals surface area contributed by atoms with E-state index in [-0.39, 0.29) is 24.1 Å². The molecule has 210 valence electrons. The van der Waals surface area contributed by atoms with Gasteiger partial charge in [0.05, 0.1) is 12.0 Å². The minimum atomic E-state index is -0.844. The summed E-state index contributed by atoms with van der Waals surface area (Å²) in [4.78, 5) is 31.6. The SMILES string of the molecule is CN(Cc1ccccc1)C(=O)CC1(COc2ccccc2)CCCN(C(=O)C2(c3ccccc3F)CCCC2)C1. The first kappa shape index (κ1) is 27.9. The highest BCUT2D eigenvalue weighted by molar-refractivity contribution is 5.89. The largest absolute Gasteiger partial charge is 0.493 e. The number of nitrogens with zero attached hydrogens (tertiary/aromatic N) is 2. The number of likely N-dealkylation sites (tertiary alicyclic amines) is 1. The quantitative estimate of drug-likeness (QED) is 0.316. The molecule has 1 saturated carbocycles. The van der Waals surface area contributed by atoms with E-state index in [9.17, 15) is 9.59 Å². The number of carbonyl (C=O) groups is 2. The smallest absolute Gasteiger partial charge is 0.233 e. The topological polar surface area (TPSA) is 49.9 Å². The summed E-state index contributed by atoms with van der Waals surface area (Å²) < 4.78 is 21.3. The zero-order valence-electron chi connectivity index (χ0n) is 23.4. The van der Waals surface area contributed by atoms with Gasteiger partial charge >= 0.3 is 0 Å². The van der Waals surface area contributed by atoms with Crippen LogP contribution >= 0.6 is 0 Å². The first-order valence-electron chi connectivity index (χ1n) is 14.4. The molecule has 40 heavy (non-hydrogen) atoms. The Morgan fingerprint density at radius 1 is 0.875 bits per heavy atom. The molecule has 2 fully saturated rings. The first-order valence-corrected chi connectivity index (χ1v) is 14.4. The lowest BCUT2D eigenvalue weighted by atomic mass is 9.73. The number of rotatable bonds is 9. The van der Waals surface area contributed by atoms with Gasteiger partial charge < -0.3 is 14.5 Å². The Morgan fingerprint density at radius 3 is 2.23 bits per heavy atom. The Balaban J connectivity index is 1.39. The fraction of sp³-hybridized carbons (Fsp3) is 0.412. The summed E-state index contributed by atoms with van der Waals surface area (Å²) in [5.41, 5.74) is 0.193. The molecule has 0 N–H and O–H groups in total. The van der Waals surface area contributed by atoms with Crippen LogP contribution in [-0.4, -0.2) is 48.4 Å². The number of piperidine rings is 1. The summed E-state index contributed by atoms with van der Waals surface area (Å²) in [5, 5.41) is 0. The number of carbonyl (C=O) groups excluding carboxylic acids is 2. The maximum Gasteiger partial charge on any atom is 0.233 e. The zero-order chi connectivity index (χ0) is 28.0. The second kappa shape index (κ2) is 12.2. The summed E-state index contributed by atoms with van der Waals surface area (Å²) >= 11 is 0. The molecule has 1 aliphatic carbocycles. The fourth-order valence-corrected chi connectivity index (χ4v) is 6.58. The zero-order valence-corrected chi connectivity index (χ0v) is 23.4. The Hall–Kier alpha value is -3.67. The predicted molar refractivity (Wildman–Crippen MR) is 154 cm³/mol.